The molecule has 0 amide bonds. The summed E-state index contributed by atoms with van der Waals surface area (Å²) in [5, 5.41) is 7.95. The third-order valence-electron chi connectivity index (χ3n) is 5.00. The minimum atomic E-state index is 0.584. The molecular formula is C22H10Br2O2. The Labute approximate surface area is 164 Å². The Morgan fingerprint density at radius 3 is 1.54 bits per heavy atom. The normalized spacial score (nSPS) is 12.2. The quantitative estimate of drug-likeness (QED) is 0.226. The Bertz CT molecular complexity index is 1390. The molecular weight excluding hydrogens is 456 g/mol. The van der Waals surface area contributed by atoms with E-state index >= 15 is 0 Å². The summed E-state index contributed by atoms with van der Waals surface area (Å²) >= 11 is 7.12. The Kier molecular flexibility index (Phi) is 2.92. The summed E-state index contributed by atoms with van der Waals surface area (Å²) in [6, 6.07) is 20.9. The molecule has 4 heteroatoms. The molecule has 0 radical (unpaired) electrons. The second-order valence-corrected chi connectivity index (χ2v) is 8.31. The standard InChI is InChI=1S/C22H10Br2O2/c23-13-3-5-15-11(9-13)1-7-17-19(15)21-20-16-6-4-14(24)10-12(16)2-8-18(20)26-22(21)25-17/h1-10H. The van der Waals surface area contributed by atoms with E-state index in [-0.39, 0.29) is 0 Å². The number of benzene rings is 4. The molecule has 0 N–H and O–H groups in total. The number of fused-ring (bicyclic) bond motifs is 9. The van der Waals surface area contributed by atoms with E-state index in [9.17, 15) is 0 Å². The summed E-state index contributed by atoms with van der Waals surface area (Å²) < 4.78 is 14.3. The third-order valence-corrected chi connectivity index (χ3v) is 5.98. The second kappa shape index (κ2) is 5.12. The van der Waals surface area contributed by atoms with Gasteiger partial charge in [-0.2, -0.15) is 0 Å². The molecule has 0 aliphatic carbocycles. The molecule has 124 valence electrons. The maximum absolute atomic E-state index is 6.06. The molecule has 0 spiro atoms. The second-order valence-electron chi connectivity index (χ2n) is 6.47. The van der Waals surface area contributed by atoms with Crippen LogP contribution in [-0.4, -0.2) is 0 Å². The molecule has 0 unspecified atom stereocenters. The fourth-order valence-electron chi connectivity index (χ4n) is 3.90. The first-order chi connectivity index (χ1) is 12.7. The van der Waals surface area contributed by atoms with Gasteiger partial charge in [-0.1, -0.05) is 56.1 Å². The molecule has 26 heavy (non-hydrogen) atoms. The first-order valence-corrected chi connectivity index (χ1v) is 9.83. The SMILES string of the molecule is Brc1ccc2c(ccc3oc4oc5ccc6cc(Br)ccc6c5c4c32)c1. The Balaban J connectivity index is 1.93. The maximum atomic E-state index is 6.06. The van der Waals surface area contributed by atoms with Crippen molar-refractivity contribution in [2.45, 2.75) is 0 Å². The number of hydrogen-bond donors (Lipinski definition) is 0. The maximum Gasteiger partial charge on any atom is 0.299 e. The van der Waals surface area contributed by atoms with Crippen molar-refractivity contribution in [3.63, 3.8) is 0 Å². The van der Waals surface area contributed by atoms with Gasteiger partial charge in [0.25, 0.3) is 5.78 Å². The van der Waals surface area contributed by atoms with E-state index in [1.807, 2.05) is 12.1 Å². The van der Waals surface area contributed by atoms with Crippen LogP contribution < -0.4 is 0 Å². The van der Waals surface area contributed by atoms with Gasteiger partial charge in [-0.15, -0.1) is 0 Å². The summed E-state index contributed by atoms with van der Waals surface area (Å²) in [5.74, 6) is 0.584. The molecule has 0 bridgehead atoms. The molecule has 6 aromatic rings. The van der Waals surface area contributed by atoms with E-state index in [0.717, 1.165) is 36.3 Å². The van der Waals surface area contributed by atoms with Gasteiger partial charge in [0.1, 0.15) is 11.2 Å². The van der Waals surface area contributed by atoms with Gasteiger partial charge in [0.15, 0.2) is 0 Å². The van der Waals surface area contributed by atoms with Gasteiger partial charge in [0, 0.05) is 19.7 Å². The monoisotopic (exact) mass is 464 g/mol. The zero-order valence-corrected chi connectivity index (χ0v) is 16.5. The van der Waals surface area contributed by atoms with Crippen LogP contribution >= 0.6 is 31.9 Å². The van der Waals surface area contributed by atoms with Gasteiger partial charge < -0.3 is 8.83 Å². The summed E-state index contributed by atoms with van der Waals surface area (Å²) in [7, 11) is 0. The van der Waals surface area contributed by atoms with Crippen LogP contribution in [0.1, 0.15) is 0 Å². The van der Waals surface area contributed by atoms with E-state index in [2.05, 4.69) is 80.4 Å². The zero-order valence-electron chi connectivity index (χ0n) is 13.3. The van der Waals surface area contributed by atoms with E-state index in [1.54, 1.807) is 0 Å². The molecule has 2 heterocycles. The average molecular weight is 466 g/mol. The van der Waals surface area contributed by atoms with Gasteiger partial charge in [-0.25, -0.2) is 0 Å². The summed E-state index contributed by atoms with van der Waals surface area (Å²) in [4.78, 5) is 0. The highest BCUT2D eigenvalue weighted by molar-refractivity contribution is 9.10. The first-order valence-electron chi connectivity index (χ1n) is 8.24. The fourth-order valence-corrected chi connectivity index (χ4v) is 4.66. The first kappa shape index (κ1) is 14.8. The van der Waals surface area contributed by atoms with E-state index < -0.39 is 0 Å². The van der Waals surface area contributed by atoms with Crippen molar-refractivity contribution < 1.29 is 8.83 Å². The van der Waals surface area contributed by atoms with Crippen LogP contribution in [-0.2, 0) is 0 Å². The Morgan fingerprint density at radius 1 is 0.538 bits per heavy atom. The number of rotatable bonds is 0. The molecule has 2 nitrogen and oxygen atoms in total. The van der Waals surface area contributed by atoms with Crippen molar-refractivity contribution in [2.75, 3.05) is 0 Å². The third kappa shape index (κ3) is 1.91. The van der Waals surface area contributed by atoms with Gasteiger partial charge in [-0.05, 0) is 57.9 Å². The zero-order chi connectivity index (χ0) is 17.4. The van der Waals surface area contributed by atoms with Crippen LogP contribution in [0.3, 0.4) is 0 Å². The Morgan fingerprint density at radius 2 is 1.04 bits per heavy atom. The average Bonchev–Trinajstić information content (AvgIpc) is 3.16. The van der Waals surface area contributed by atoms with Crippen LogP contribution in [0.4, 0.5) is 0 Å². The number of hydrogen-bond acceptors (Lipinski definition) is 2. The van der Waals surface area contributed by atoms with E-state index in [4.69, 9.17) is 8.83 Å². The largest absolute Gasteiger partial charge is 0.425 e. The highest BCUT2D eigenvalue weighted by atomic mass is 79.9. The van der Waals surface area contributed by atoms with Crippen LogP contribution in [0.25, 0.3) is 54.6 Å². The lowest BCUT2D eigenvalue weighted by Gasteiger charge is -2.02. The summed E-state index contributed by atoms with van der Waals surface area (Å²) in [6.45, 7) is 0. The minimum absolute atomic E-state index is 0.584. The molecule has 0 saturated heterocycles. The molecule has 6 rings (SSSR count). The lowest BCUT2D eigenvalue weighted by atomic mass is 10.0. The van der Waals surface area contributed by atoms with Gasteiger partial charge in [0.2, 0.25) is 0 Å². The number of halogens is 2. The van der Waals surface area contributed by atoms with Crippen molar-refractivity contribution in [3.05, 3.63) is 69.6 Å². The summed E-state index contributed by atoms with van der Waals surface area (Å²) in [6.07, 6.45) is 0. The van der Waals surface area contributed by atoms with E-state index in [0.29, 0.717) is 5.78 Å². The smallest absolute Gasteiger partial charge is 0.299 e. The van der Waals surface area contributed by atoms with Crippen molar-refractivity contribution in [2.24, 2.45) is 0 Å². The number of furan rings is 2. The van der Waals surface area contributed by atoms with Crippen LogP contribution in [0.5, 0.6) is 0 Å². The highest BCUT2D eigenvalue weighted by Gasteiger charge is 2.19. The van der Waals surface area contributed by atoms with Crippen molar-refractivity contribution in [1.29, 1.82) is 0 Å². The topological polar surface area (TPSA) is 26.3 Å². The molecule has 0 fully saturated rings. The lowest BCUT2D eigenvalue weighted by Crippen LogP contribution is -1.77. The van der Waals surface area contributed by atoms with E-state index in [1.165, 1.54) is 21.5 Å². The van der Waals surface area contributed by atoms with Gasteiger partial charge in [0.05, 0.1) is 5.39 Å². The molecule has 0 atom stereocenters. The molecule has 4 aromatic carbocycles. The molecule has 2 aromatic heterocycles. The van der Waals surface area contributed by atoms with Crippen LogP contribution in [0.2, 0.25) is 0 Å². The highest BCUT2D eigenvalue weighted by Crippen LogP contribution is 2.43. The van der Waals surface area contributed by atoms with Crippen LogP contribution in [0, 0.1) is 0 Å². The van der Waals surface area contributed by atoms with Gasteiger partial charge in [-0.3, -0.25) is 0 Å². The molecule has 0 aliphatic heterocycles. The van der Waals surface area contributed by atoms with Crippen LogP contribution in [0.15, 0.2) is 78.4 Å². The fraction of sp³-hybridized carbons (Fsp3) is 0. The van der Waals surface area contributed by atoms with Crippen molar-refractivity contribution >= 4 is 86.5 Å². The van der Waals surface area contributed by atoms with Crippen molar-refractivity contribution in [1.82, 2.24) is 0 Å². The predicted molar refractivity (Wildman–Crippen MR) is 114 cm³/mol. The molecule has 0 saturated carbocycles. The van der Waals surface area contributed by atoms with Crippen molar-refractivity contribution in [3.8, 4) is 0 Å². The molecule has 0 aliphatic rings. The minimum Gasteiger partial charge on any atom is -0.425 e. The van der Waals surface area contributed by atoms with Gasteiger partial charge >= 0.3 is 0 Å². The lowest BCUT2D eigenvalue weighted by molar-refractivity contribution is 0.524. The Hall–Kier alpha value is -2.30. The summed E-state index contributed by atoms with van der Waals surface area (Å²) in [5.41, 5.74) is 1.70. The predicted octanol–water partition coefficient (Wildman–Crippen LogP) is 8.16.